The van der Waals surface area contributed by atoms with Crippen LogP contribution in [0.2, 0.25) is 0 Å². The van der Waals surface area contributed by atoms with Crippen molar-refractivity contribution in [2.45, 2.75) is 45.1 Å². The van der Waals surface area contributed by atoms with Crippen molar-refractivity contribution in [3.05, 3.63) is 35.4 Å². The minimum atomic E-state index is 0.382. The van der Waals surface area contributed by atoms with Crippen LogP contribution in [0.25, 0.3) is 0 Å². The molecule has 1 nitrogen and oxygen atoms in total. The van der Waals surface area contributed by atoms with Crippen LogP contribution in [0.5, 0.6) is 0 Å². The quantitative estimate of drug-likeness (QED) is 0.845. The fourth-order valence-corrected chi connectivity index (χ4v) is 4.08. The van der Waals surface area contributed by atoms with E-state index >= 15 is 0 Å². The molecular formula is C16H23N. The third kappa shape index (κ3) is 2.26. The summed E-state index contributed by atoms with van der Waals surface area (Å²) >= 11 is 0. The van der Waals surface area contributed by atoms with Gasteiger partial charge in [0.1, 0.15) is 0 Å². The first-order valence-electron chi connectivity index (χ1n) is 7.03. The van der Waals surface area contributed by atoms with Gasteiger partial charge >= 0.3 is 0 Å². The third-order valence-corrected chi connectivity index (χ3v) is 4.90. The number of hydrogen-bond donors (Lipinski definition) is 1. The molecule has 1 aromatic rings. The maximum Gasteiger partial charge on any atom is 0.0110 e. The molecule has 0 aromatic heterocycles. The second-order valence-electron chi connectivity index (χ2n) is 6.20. The fraction of sp³-hybridized carbons (Fsp3) is 0.625. The summed E-state index contributed by atoms with van der Waals surface area (Å²) in [6, 6.07) is 9.20. The summed E-state index contributed by atoms with van der Waals surface area (Å²) in [6.45, 7) is 2.16. The number of fused-ring (bicyclic) bond motifs is 2. The summed E-state index contributed by atoms with van der Waals surface area (Å²) in [5, 5.41) is 0. The van der Waals surface area contributed by atoms with Crippen molar-refractivity contribution in [3.63, 3.8) is 0 Å². The van der Waals surface area contributed by atoms with Gasteiger partial charge in [-0.15, -0.1) is 0 Å². The van der Waals surface area contributed by atoms with E-state index in [4.69, 9.17) is 5.73 Å². The van der Waals surface area contributed by atoms with Gasteiger partial charge < -0.3 is 5.73 Å². The van der Waals surface area contributed by atoms with Crippen molar-refractivity contribution < 1.29 is 0 Å². The molecule has 2 aliphatic carbocycles. The summed E-state index contributed by atoms with van der Waals surface area (Å²) in [6.07, 6.45) is 6.84. The Labute approximate surface area is 104 Å². The van der Waals surface area contributed by atoms with Crippen LogP contribution in [0, 0.1) is 24.7 Å². The molecule has 0 heterocycles. The van der Waals surface area contributed by atoms with Gasteiger partial charge in [0.2, 0.25) is 0 Å². The molecule has 4 unspecified atom stereocenters. The van der Waals surface area contributed by atoms with E-state index in [9.17, 15) is 0 Å². The van der Waals surface area contributed by atoms with Crippen LogP contribution in [0.15, 0.2) is 24.3 Å². The molecule has 1 heteroatoms. The molecule has 3 rings (SSSR count). The minimum absolute atomic E-state index is 0.382. The van der Waals surface area contributed by atoms with Crippen molar-refractivity contribution in [1.82, 2.24) is 0 Å². The highest BCUT2D eigenvalue weighted by atomic mass is 14.7. The summed E-state index contributed by atoms with van der Waals surface area (Å²) in [5.74, 6) is 2.75. The molecule has 1 aromatic carbocycles. The Bertz CT molecular complexity index is 398. The number of benzene rings is 1. The first-order chi connectivity index (χ1) is 8.22. The molecule has 0 spiro atoms. The second-order valence-corrected chi connectivity index (χ2v) is 6.20. The van der Waals surface area contributed by atoms with Gasteiger partial charge in [-0.05, 0) is 55.9 Å². The van der Waals surface area contributed by atoms with Crippen LogP contribution in [0.1, 0.15) is 36.8 Å². The Morgan fingerprint density at radius 2 is 2.18 bits per heavy atom. The van der Waals surface area contributed by atoms with Crippen LogP contribution in [-0.4, -0.2) is 6.04 Å². The van der Waals surface area contributed by atoms with Crippen LogP contribution in [0.3, 0.4) is 0 Å². The van der Waals surface area contributed by atoms with Crippen LogP contribution < -0.4 is 5.73 Å². The van der Waals surface area contributed by atoms with Gasteiger partial charge in [0.25, 0.3) is 0 Å². The van der Waals surface area contributed by atoms with E-state index < -0.39 is 0 Å². The highest BCUT2D eigenvalue weighted by Gasteiger charge is 2.41. The van der Waals surface area contributed by atoms with Crippen LogP contribution in [-0.2, 0) is 6.42 Å². The largest absolute Gasteiger partial charge is 0.327 e. The number of rotatable bonds is 3. The Kier molecular flexibility index (Phi) is 2.96. The Balaban J connectivity index is 1.65. The molecule has 0 radical (unpaired) electrons. The van der Waals surface area contributed by atoms with Gasteiger partial charge in [0.05, 0.1) is 0 Å². The Morgan fingerprint density at radius 1 is 1.29 bits per heavy atom. The summed E-state index contributed by atoms with van der Waals surface area (Å²) in [4.78, 5) is 0. The lowest BCUT2D eigenvalue weighted by molar-refractivity contribution is 0.280. The summed E-state index contributed by atoms with van der Waals surface area (Å²) in [7, 11) is 0. The molecule has 2 fully saturated rings. The lowest BCUT2D eigenvalue weighted by atomic mass is 9.81. The van der Waals surface area contributed by atoms with Crippen molar-refractivity contribution in [3.8, 4) is 0 Å². The van der Waals surface area contributed by atoms with Crippen LogP contribution in [0.4, 0.5) is 0 Å². The van der Waals surface area contributed by atoms with Gasteiger partial charge in [-0.2, -0.15) is 0 Å². The zero-order chi connectivity index (χ0) is 11.8. The van der Waals surface area contributed by atoms with Crippen molar-refractivity contribution >= 4 is 0 Å². The van der Waals surface area contributed by atoms with E-state index in [2.05, 4.69) is 31.2 Å². The second kappa shape index (κ2) is 4.45. The molecule has 2 N–H and O–H groups in total. The van der Waals surface area contributed by atoms with E-state index in [1.165, 1.54) is 36.8 Å². The van der Waals surface area contributed by atoms with Crippen LogP contribution >= 0.6 is 0 Å². The molecule has 2 saturated carbocycles. The number of nitrogens with two attached hydrogens (primary N) is 1. The fourth-order valence-electron chi connectivity index (χ4n) is 4.08. The Morgan fingerprint density at radius 3 is 2.82 bits per heavy atom. The smallest absolute Gasteiger partial charge is 0.0110 e. The average molecular weight is 229 g/mol. The molecule has 0 aliphatic heterocycles. The summed E-state index contributed by atoms with van der Waals surface area (Å²) < 4.78 is 0. The highest BCUT2D eigenvalue weighted by molar-refractivity contribution is 5.23. The van der Waals surface area contributed by atoms with E-state index in [0.717, 1.165) is 24.2 Å². The van der Waals surface area contributed by atoms with E-state index in [1.54, 1.807) is 0 Å². The highest BCUT2D eigenvalue weighted by Crippen LogP contribution is 2.49. The van der Waals surface area contributed by atoms with E-state index in [1.807, 2.05) is 0 Å². The normalized spacial score (nSPS) is 32.9. The molecule has 0 amide bonds. The van der Waals surface area contributed by atoms with Crippen molar-refractivity contribution in [2.24, 2.45) is 23.5 Å². The number of aryl methyl sites for hydroxylation is 1. The van der Waals surface area contributed by atoms with Gasteiger partial charge in [-0.25, -0.2) is 0 Å². The maximum atomic E-state index is 6.45. The topological polar surface area (TPSA) is 26.0 Å². The predicted molar refractivity (Wildman–Crippen MR) is 71.8 cm³/mol. The monoisotopic (exact) mass is 229 g/mol. The predicted octanol–water partition coefficient (Wildman–Crippen LogP) is 3.30. The van der Waals surface area contributed by atoms with Gasteiger partial charge in [-0.3, -0.25) is 0 Å². The number of hydrogen-bond acceptors (Lipinski definition) is 1. The SMILES string of the molecule is Cc1cccc(CC(N)C2CC3CCC2C3)c1. The molecule has 92 valence electrons. The summed E-state index contributed by atoms with van der Waals surface area (Å²) in [5.41, 5.74) is 9.21. The molecule has 0 saturated heterocycles. The van der Waals surface area contributed by atoms with Gasteiger partial charge in [0.15, 0.2) is 0 Å². The minimum Gasteiger partial charge on any atom is -0.327 e. The first-order valence-corrected chi connectivity index (χ1v) is 7.03. The van der Waals surface area contributed by atoms with Crippen molar-refractivity contribution in [1.29, 1.82) is 0 Å². The molecule has 2 aliphatic rings. The molecule has 2 bridgehead atoms. The average Bonchev–Trinajstić information content (AvgIpc) is 2.90. The lowest BCUT2D eigenvalue weighted by Gasteiger charge is -2.27. The van der Waals surface area contributed by atoms with Crippen molar-refractivity contribution in [2.75, 3.05) is 0 Å². The van der Waals surface area contributed by atoms with Gasteiger partial charge in [0, 0.05) is 6.04 Å². The van der Waals surface area contributed by atoms with E-state index in [0.29, 0.717) is 6.04 Å². The maximum absolute atomic E-state index is 6.45. The third-order valence-electron chi connectivity index (χ3n) is 4.90. The zero-order valence-electron chi connectivity index (χ0n) is 10.7. The van der Waals surface area contributed by atoms with Gasteiger partial charge in [-0.1, -0.05) is 36.2 Å². The molecular weight excluding hydrogens is 206 g/mol. The molecule has 4 atom stereocenters. The van der Waals surface area contributed by atoms with E-state index in [-0.39, 0.29) is 0 Å². The molecule has 17 heavy (non-hydrogen) atoms. The first kappa shape index (κ1) is 11.3. The zero-order valence-corrected chi connectivity index (χ0v) is 10.7. The lowest BCUT2D eigenvalue weighted by Crippen LogP contribution is -2.35. The Hall–Kier alpha value is -0.820. The standard InChI is InChI=1S/C16H23N/c1-11-3-2-4-12(7-11)10-16(17)15-9-13-5-6-14(15)8-13/h2-4,7,13-16H,5-6,8-10,17H2,1H3.